The van der Waals surface area contributed by atoms with Gasteiger partial charge < -0.3 is 10.5 Å². The monoisotopic (exact) mass is 212 g/mol. The summed E-state index contributed by atoms with van der Waals surface area (Å²) in [7, 11) is 0. The normalized spacial score (nSPS) is 28.6. The Morgan fingerprint density at radius 2 is 2.20 bits per heavy atom. The number of rotatable bonds is 6. The van der Waals surface area contributed by atoms with Crippen LogP contribution in [0.4, 0.5) is 0 Å². The molecule has 2 N–H and O–H groups in total. The average Bonchev–Trinajstić information content (AvgIpc) is 2.95. The molecule has 1 heterocycles. The highest BCUT2D eigenvalue weighted by Gasteiger charge is 2.34. The van der Waals surface area contributed by atoms with Crippen LogP contribution in [0.3, 0.4) is 0 Å². The van der Waals surface area contributed by atoms with Gasteiger partial charge in [0, 0.05) is 25.7 Å². The summed E-state index contributed by atoms with van der Waals surface area (Å²) < 4.78 is 5.70. The Labute approximate surface area is 93.0 Å². The SMILES string of the molecule is CCN(CC1CCCO1)C(CN)C1CC1. The van der Waals surface area contributed by atoms with E-state index >= 15 is 0 Å². The highest BCUT2D eigenvalue weighted by molar-refractivity contribution is 4.89. The largest absolute Gasteiger partial charge is 0.377 e. The first-order valence-electron chi connectivity index (χ1n) is 6.40. The van der Waals surface area contributed by atoms with Gasteiger partial charge in [-0.25, -0.2) is 0 Å². The summed E-state index contributed by atoms with van der Waals surface area (Å²) in [6, 6.07) is 0.610. The number of likely N-dealkylation sites (N-methyl/N-ethyl adjacent to an activating group) is 1. The fraction of sp³-hybridized carbons (Fsp3) is 1.00. The summed E-state index contributed by atoms with van der Waals surface area (Å²) >= 11 is 0. The molecule has 0 spiro atoms. The van der Waals surface area contributed by atoms with Gasteiger partial charge in [0.05, 0.1) is 6.10 Å². The average molecular weight is 212 g/mol. The molecule has 15 heavy (non-hydrogen) atoms. The van der Waals surface area contributed by atoms with Crippen LogP contribution in [0.5, 0.6) is 0 Å². The van der Waals surface area contributed by atoms with Gasteiger partial charge in [-0.15, -0.1) is 0 Å². The summed E-state index contributed by atoms with van der Waals surface area (Å²) in [5, 5.41) is 0. The second-order valence-corrected chi connectivity index (χ2v) is 4.86. The zero-order chi connectivity index (χ0) is 10.7. The third-order valence-corrected chi connectivity index (χ3v) is 3.74. The topological polar surface area (TPSA) is 38.5 Å². The van der Waals surface area contributed by atoms with Gasteiger partial charge in [-0.05, 0) is 38.1 Å². The maximum absolute atomic E-state index is 5.88. The molecule has 1 saturated heterocycles. The van der Waals surface area contributed by atoms with Crippen molar-refractivity contribution in [2.75, 3.05) is 26.2 Å². The molecule has 2 rings (SSSR count). The minimum absolute atomic E-state index is 0.470. The van der Waals surface area contributed by atoms with Crippen LogP contribution < -0.4 is 5.73 Å². The van der Waals surface area contributed by atoms with E-state index in [1.54, 1.807) is 0 Å². The quantitative estimate of drug-likeness (QED) is 0.719. The highest BCUT2D eigenvalue weighted by atomic mass is 16.5. The van der Waals surface area contributed by atoms with Crippen LogP contribution in [-0.2, 0) is 4.74 Å². The van der Waals surface area contributed by atoms with E-state index < -0.39 is 0 Å². The third kappa shape index (κ3) is 2.92. The zero-order valence-electron chi connectivity index (χ0n) is 9.82. The van der Waals surface area contributed by atoms with Crippen molar-refractivity contribution in [3.05, 3.63) is 0 Å². The van der Waals surface area contributed by atoms with E-state index in [1.807, 2.05) is 0 Å². The molecule has 1 saturated carbocycles. The Morgan fingerprint density at radius 3 is 2.67 bits per heavy atom. The van der Waals surface area contributed by atoms with E-state index in [2.05, 4.69) is 11.8 Å². The van der Waals surface area contributed by atoms with Crippen molar-refractivity contribution in [2.45, 2.75) is 44.8 Å². The fourth-order valence-corrected chi connectivity index (χ4v) is 2.67. The van der Waals surface area contributed by atoms with Crippen LogP contribution >= 0.6 is 0 Å². The van der Waals surface area contributed by atoms with Crippen LogP contribution in [-0.4, -0.2) is 43.3 Å². The molecule has 88 valence electrons. The van der Waals surface area contributed by atoms with E-state index in [1.165, 1.54) is 25.7 Å². The molecule has 2 unspecified atom stereocenters. The van der Waals surface area contributed by atoms with Crippen LogP contribution in [0.25, 0.3) is 0 Å². The summed E-state index contributed by atoms with van der Waals surface area (Å²) in [4.78, 5) is 2.54. The predicted octanol–water partition coefficient (Wildman–Crippen LogP) is 1.22. The fourth-order valence-electron chi connectivity index (χ4n) is 2.67. The molecule has 2 aliphatic rings. The lowest BCUT2D eigenvalue weighted by Crippen LogP contribution is -2.45. The van der Waals surface area contributed by atoms with Gasteiger partial charge in [-0.3, -0.25) is 4.90 Å². The van der Waals surface area contributed by atoms with E-state index in [9.17, 15) is 0 Å². The molecule has 0 aromatic heterocycles. The highest BCUT2D eigenvalue weighted by Crippen LogP contribution is 2.35. The summed E-state index contributed by atoms with van der Waals surface area (Å²) in [5.41, 5.74) is 5.88. The van der Waals surface area contributed by atoms with Gasteiger partial charge in [0.25, 0.3) is 0 Å². The Hall–Kier alpha value is -0.120. The van der Waals surface area contributed by atoms with Gasteiger partial charge >= 0.3 is 0 Å². The van der Waals surface area contributed by atoms with Crippen molar-refractivity contribution >= 4 is 0 Å². The number of hydrogen-bond donors (Lipinski definition) is 1. The summed E-state index contributed by atoms with van der Waals surface area (Å²) in [6.45, 7) is 6.21. The maximum atomic E-state index is 5.88. The number of hydrogen-bond acceptors (Lipinski definition) is 3. The molecule has 0 amide bonds. The van der Waals surface area contributed by atoms with Crippen molar-refractivity contribution in [1.29, 1.82) is 0 Å². The first kappa shape index (κ1) is 11.4. The van der Waals surface area contributed by atoms with Gasteiger partial charge in [-0.1, -0.05) is 6.92 Å². The Balaban J connectivity index is 1.83. The molecular formula is C12H24N2O. The Bertz CT molecular complexity index is 188. The van der Waals surface area contributed by atoms with E-state index in [0.717, 1.165) is 32.2 Å². The maximum Gasteiger partial charge on any atom is 0.0702 e. The van der Waals surface area contributed by atoms with E-state index in [4.69, 9.17) is 10.5 Å². The van der Waals surface area contributed by atoms with Crippen molar-refractivity contribution in [1.82, 2.24) is 4.90 Å². The van der Waals surface area contributed by atoms with Gasteiger partial charge in [0.15, 0.2) is 0 Å². The van der Waals surface area contributed by atoms with Crippen LogP contribution in [0.1, 0.15) is 32.6 Å². The molecule has 0 aromatic carbocycles. The Kier molecular flexibility index (Phi) is 4.00. The number of nitrogens with zero attached hydrogens (tertiary/aromatic N) is 1. The van der Waals surface area contributed by atoms with Crippen LogP contribution in [0.2, 0.25) is 0 Å². The van der Waals surface area contributed by atoms with Crippen molar-refractivity contribution in [3.8, 4) is 0 Å². The lowest BCUT2D eigenvalue weighted by Gasteiger charge is -2.31. The van der Waals surface area contributed by atoms with Crippen LogP contribution in [0.15, 0.2) is 0 Å². The molecule has 2 atom stereocenters. The molecule has 1 aliphatic carbocycles. The first-order valence-corrected chi connectivity index (χ1v) is 6.40. The minimum Gasteiger partial charge on any atom is -0.377 e. The second kappa shape index (κ2) is 5.28. The Morgan fingerprint density at radius 1 is 1.40 bits per heavy atom. The predicted molar refractivity (Wildman–Crippen MR) is 61.8 cm³/mol. The molecular weight excluding hydrogens is 188 g/mol. The third-order valence-electron chi connectivity index (χ3n) is 3.74. The minimum atomic E-state index is 0.470. The van der Waals surface area contributed by atoms with Crippen molar-refractivity contribution < 1.29 is 4.74 Å². The summed E-state index contributed by atoms with van der Waals surface area (Å²) in [5.74, 6) is 0.872. The van der Waals surface area contributed by atoms with Crippen molar-refractivity contribution in [3.63, 3.8) is 0 Å². The summed E-state index contributed by atoms with van der Waals surface area (Å²) in [6.07, 6.45) is 5.70. The molecule has 2 fully saturated rings. The van der Waals surface area contributed by atoms with Gasteiger partial charge in [0.1, 0.15) is 0 Å². The lowest BCUT2D eigenvalue weighted by atomic mass is 10.1. The molecule has 1 aliphatic heterocycles. The number of nitrogens with two attached hydrogens (primary N) is 1. The zero-order valence-corrected chi connectivity index (χ0v) is 9.82. The first-order chi connectivity index (χ1) is 7.35. The molecule has 0 bridgehead atoms. The van der Waals surface area contributed by atoms with Gasteiger partial charge in [-0.2, -0.15) is 0 Å². The smallest absolute Gasteiger partial charge is 0.0702 e. The van der Waals surface area contributed by atoms with Crippen molar-refractivity contribution in [2.24, 2.45) is 11.7 Å². The molecule has 0 radical (unpaired) electrons. The second-order valence-electron chi connectivity index (χ2n) is 4.86. The molecule has 0 aromatic rings. The molecule has 3 nitrogen and oxygen atoms in total. The van der Waals surface area contributed by atoms with Crippen LogP contribution in [0, 0.1) is 5.92 Å². The standard InChI is InChI=1S/C12H24N2O/c1-2-14(9-11-4-3-7-15-11)12(8-13)10-5-6-10/h10-12H,2-9,13H2,1H3. The molecule has 3 heteroatoms. The van der Waals surface area contributed by atoms with Gasteiger partial charge in [0.2, 0.25) is 0 Å². The van der Waals surface area contributed by atoms with E-state index in [0.29, 0.717) is 12.1 Å². The lowest BCUT2D eigenvalue weighted by molar-refractivity contribution is 0.0563. The van der Waals surface area contributed by atoms with E-state index in [-0.39, 0.29) is 0 Å². The number of ether oxygens (including phenoxy) is 1.